The number of halogens is 1. The third-order valence-corrected chi connectivity index (χ3v) is 3.65. The third-order valence-electron chi connectivity index (χ3n) is 2.89. The van der Waals surface area contributed by atoms with E-state index in [1.807, 2.05) is 0 Å². The summed E-state index contributed by atoms with van der Waals surface area (Å²) < 4.78 is 1.23. The van der Waals surface area contributed by atoms with Gasteiger partial charge in [-0.1, -0.05) is 68.0 Å². The number of amides is 1. The molecule has 0 saturated carbocycles. The second-order valence-electron chi connectivity index (χ2n) is 4.62. The Balaban J connectivity index is 3.12. The molecule has 0 radical (unpaired) electrons. The van der Waals surface area contributed by atoms with Crippen molar-refractivity contribution in [2.24, 2.45) is 0 Å². The molecule has 0 aromatic carbocycles. The van der Waals surface area contributed by atoms with Crippen molar-refractivity contribution >= 4 is 28.5 Å². The average Bonchev–Trinajstić information content (AvgIpc) is 2.33. The van der Waals surface area contributed by atoms with Crippen LogP contribution in [0.25, 0.3) is 0 Å². The number of hydrogen-bond acceptors (Lipinski definition) is 1. The van der Waals surface area contributed by atoms with Gasteiger partial charge in [-0.05, 0) is 23.7 Å². The molecule has 2 nitrogen and oxygen atoms in total. The van der Waals surface area contributed by atoms with E-state index < -0.39 is 0 Å². The van der Waals surface area contributed by atoms with Crippen molar-refractivity contribution in [2.45, 2.75) is 71.1 Å². The summed E-state index contributed by atoms with van der Waals surface area (Å²) in [5.74, 6) is 0.245. The number of alkyl halides is 1. The third kappa shape index (κ3) is 14.1. The molecule has 0 bridgehead atoms. The van der Waals surface area contributed by atoms with Gasteiger partial charge in [-0.15, -0.1) is 0 Å². The number of unbranched alkanes of at least 4 members (excludes halogenated alkanes) is 7. The molecule has 0 aliphatic carbocycles. The molecule has 0 aromatic heterocycles. The van der Waals surface area contributed by atoms with E-state index >= 15 is 0 Å². The largest absolute Gasteiger partial charge is 0.356 e. The Morgan fingerprint density at radius 1 is 0.941 bits per heavy atom. The lowest BCUT2D eigenvalue weighted by atomic mass is 10.1. The van der Waals surface area contributed by atoms with E-state index in [1.165, 1.54) is 49.4 Å². The predicted octanol–water partition coefficient (Wildman–Crippen LogP) is 4.46. The van der Waals surface area contributed by atoms with Gasteiger partial charge in [0.1, 0.15) is 0 Å². The molecule has 3 heteroatoms. The summed E-state index contributed by atoms with van der Waals surface area (Å²) in [5.41, 5.74) is 0. The molecule has 0 spiro atoms. The van der Waals surface area contributed by atoms with Gasteiger partial charge in [0.25, 0.3) is 0 Å². The van der Waals surface area contributed by atoms with Crippen LogP contribution in [0, 0.1) is 0 Å². The first-order valence-corrected chi connectivity index (χ1v) is 8.66. The fourth-order valence-electron chi connectivity index (χ4n) is 1.78. The second-order valence-corrected chi connectivity index (χ2v) is 5.70. The standard InChI is InChI=1S/C14H28INO/c1-2-3-4-5-6-8-11-14(17)16-13-10-7-9-12-15/h2-13H2,1H3,(H,16,17). The first-order valence-electron chi connectivity index (χ1n) is 7.14. The molecule has 0 fully saturated rings. The number of carbonyl (C=O) groups excluding carboxylic acids is 1. The zero-order valence-corrected chi connectivity index (χ0v) is 13.4. The summed E-state index contributed by atoms with van der Waals surface area (Å²) in [5, 5.41) is 3.00. The van der Waals surface area contributed by atoms with Crippen molar-refractivity contribution in [3.05, 3.63) is 0 Å². The number of rotatable bonds is 12. The first kappa shape index (κ1) is 17.2. The van der Waals surface area contributed by atoms with Gasteiger partial charge in [0.05, 0.1) is 0 Å². The Morgan fingerprint density at radius 2 is 1.59 bits per heavy atom. The van der Waals surface area contributed by atoms with Gasteiger partial charge < -0.3 is 5.32 Å². The highest BCUT2D eigenvalue weighted by atomic mass is 127. The summed E-state index contributed by atoms with van der Waals surface area (Å²) >= 11 is 2.40. The van der Waals surface area contributed by atoms with Crippen molar-refractivity contribution < 1.29 is 4.79 Å². The molecule has 1 N–H and O–H groups in total. The van der Waals surface area contributed by atoms with Crippen LogP contribution in [0.4, 0.5) is 0 Å². The average molecular weight is 353 g/mol. The maximum Gasteiger partial charge on any atom is 0.219 e. The van der Waals surface area contributed by atoms with Crippen molar-refractivity contribution in [2.75, 3.05) is 11.0 Å². The van der Waals surface area contributed by atoms with Crippen molar-refractivity contribution in [3.63, 3.8) is 0 Å². The lowest BCUT2D eigenvalue weighted by Gasteiger charge is -2.04. The van der Waals surface area contributed by atoms with Crippen LogP contribution in [0.5, 0.6) is 0 Å². The van der Waals surface area contributed by atoms with Crippen molar-refractivity contribution in [1.82, 2.24) is 5.32 Å². The highest BCUT2D eigenvalue weighted by Gasteiger charge is 1.99. The molecule has 0 unspecified atom stereocenters. The number of nitrogens with one attached hydrogen (secondary N) is 1. The molecule has 0 atom stereocenters. The molecular formula is C14H28INO. The Morgan fingerprint density at radius 3 is 2.29 bits per heavy atom. The van der Waals surface area contributed by atoms with Crippen LogP contribution in [-0.2, 0) is 4.79 Å². The molecule has 17 heavy (non-hydrogen) atoms. The summed E-state index contributed by atoms with van der Waals surface area (Å²) in [6, 6.07) is 0. The zero-order valence-electron chi connectivity index (χ0n) is 11.3. The van der Waals surface area contributed by atoms with E-state index in [-0.39, 0.29) is 5.91 Å². The zero-order chi connectivity index (χ0) is 12.8. The highest BCUT2D eigenvalue weighted by Crippen LogP contribution is 2.06. The van der Waals surface area contributed by atoms with Gasteiger partial charge >= 0.3 is 0 Å². The Kier molecular flexibility index (Phi) is 14.4. The molecule has 0 aliphatic rings. The fourth-order valence-corrected chi connectivity index (χ4v) is 2.32. The maximum atomic E-state index is 11.5. The Bertz CT molecular complexity index is 174. The van der Waals surface area contributed by atoms with Crippen LogP contribution in [0.3, 0.4) is 0 Å². The summed E-state index contributed by atoms with van der Waals surface area (Å²) in [6.07, 6.45) is 11.9. The van der Waals surface area contributed by atoms with Crippen LogP contribution in [0.15, 0.2) is 0 Å². The number of hydrogen-bond donors (Lipinski definition) is 1. The van der Waals surface area contributed by atoms with E-state index in [1.54, 1.807) is 0 Å². The lowest BCUT2D eigenvalue weighted by molar-refractivity contribution is -0.121. The van der Waals surface area contributed by atoms with E-state index in [0.29, 0.717) is 0 Å². The number of carbonyl (C=O) groups is 1. The molecule has 0 rings (SSSR count). The van der Waals surface area contributed by atoms with Gasteiger partial charge in [0, 0.05) is 13.0 Å². The van der Waals surface area contributed by atoms with Crippen molar-refractivity contribution in [3.8, 4) is 0 Å². The molecule has 102 valence electrons. The summed E-state index contributed by atoms with van der Waals surface area (Å²) in [7, 11) is 0. The molecule has 0 saturated heterocycles. The Labute approximate surface area is 120 Å². The molecule has 0 heterocycles. The minimum absolute atomic E-state index is 0.245. The van der Waals surface area contributed by atoms with E-state index in [4.69, 9.17) is 0 Å². The normalized spacial score (nSPS) is 10.5. The van der Waals surface area contributed by atoms with Gasteiger partial charge in [-0.2, -0.15) is 0 Å². The Hall–Kier alpha value is 0.200. The maximum absolute atomic E-state index is 11.5. The summed E-state index contributed by atoms with van der Waals surface area (Å²) in [4.78, 5) is 11.5. The topological polar surface area (TPSA) is 29.1 Å². The van der Waals surface area contributed by atoms with E-state index in [0.717, 1.165) is 25.8 Å². The molecule has 0 aromatic rings. The van der Waals surface area contributed by atoms with Crippen LogP contribution in [0.2, 0.25) is 0 Å². The second kappa shape index (κ2) is 14.3. The monoisotopic (exact) mass is 353 g/mol. The highest BCUT2D eigenvalue weighted by molar-refractivity contribution is 14.1. The van der Waals surface area contributed by atoms with Gasteiger partial charge in [0.15, 0.2) is 0 Å². The van der Waals surface area contributed by atoms with Crippen LogP contribution < -0.4 is 5.32 Å². The minimum Gasteiger partial charge on any atom is -0.356 e. The fraction of sp³-hybridized carbons (Fsp3) is 0.929. The lowest BCUT2D eigenvalue weighted by Crippen LogP contribution is -2.23. The van der Waals surface area contributed by atoms with Crippen LogP contribution in [0.1, 0.15) is 71.1 Å². The molecule has 1 amide bonds. The van der Waals surface area contributed by atoms with Crippen molar-refractivity contribution in [1.29, 1.82) is 0 Å². The smallest absolute Gasteiger partial charge is 0.219 e. The van der Waals surface area contributed by atoms with Gasteiger partial charge in [0.2, 0.25) is 5.91 Å². The quantitative estimate of drug-likeness (QED) is 0.313. The predicted molar refractivity (Wildman–Crippen MR) is 83.7 cm³/mol. The van der Waals surface area contributed by atoms with Crippen LogP contribution in [-0.4, -0.2) is 16.9 Å². The van der Waals surface area contributed by atoms with Crippen LogP contribution >= 0.6 is 22.6 Å². The summed E-state index contributed by atoms with van der Waals surface area (Å²) in [6.45, 7) is 3.09. The van der Waals surface area contributed by atoms with E-state index in [9.17, 15) is 4.79 Å². The molecule has 0 aliphatic heterocycles. The molecular weight excluding hydrogens is 325 g/mol. The first-order chi connectivity index (χ1) is 8.31. The van der Waals surface area contributed by atoms with E-state index in [2.05, 4.69) is 34.8 Å². The SMILES string of the molecule is CCCCCCCCC(=O)NCCCCCI. The minimum atomic E-state index is 0.245. The van der Waals surface area contributed by atoms with Gasteiger partial charge in [-0.25, -0.2) is 0 Å². The van der Waals surface area contributed by atoms with Gasteiger partial charge in [-0.3, -0.25) is 4.79 Å².